The fraction of sp³-hybridized carbons (Fsp3) is 0.214. The number of para-hydroxylation sites is 2. The summed E-state index contributed by atoms with van der Waals surface area (Å²) < 4.78 is 0. The third kappa shape index (κ3) is 4.45. The molecule has 0 bridgehead atoms. The highest BCUT2D eigenvalue weighted by atomic mass is 16.4. The molecule has 7 nitrogen and oxygen atoms in total. The molecule has 0 radical (unpaired) electrons. The van der Waals surface area contributed by atoms with Gasteiger partial charge in [0.25, 0.3) is 0 Å². The van der Waals surface area contributed by atoms with E-state index in [4.69, 9.17) is 0 Å². The second-order valence-electron chi connectivity index (χ2n) is 8.80. The van der Waals surface area contributed by atoms with E-state index >= 15 is 0 Å². The Morgan fingerprint density at radius 3 is 2.43 bits per heavy atom. The van der Waals surface area contributed by atoms with Gasteiger partial charge >= 0.3 is 0 Å². The van der Waals surface area contributed by atoms with Gasteiger partial charge < -0.3 is 15.2 Å². The number of allylic oxidation sites excluding steroid dienone is 1. The molecule has 0 saturated carbocycles. The number of anilines is 2. The predicted molar refractivity (Wildman–Crippen MR) is 129 cm³/mol. The van der Waals surface area contributed by atoms with Gasteiger partial charge in [-0.15, -0.1) is 0 Å². The van der Waals surface area contributed by atoms with E-state index < -0.39 is 24.3 Å². The number of ketones is 1. The van der Waals surface area contributed by atoms with Gasteiger partial charge in [-0.25, -0.2) is 0 Å². The van der Waals surface area contributed by atoms with E-state index in [0.717, 1.165) is 11.3 Å². The number of hydrogen-bond donors (Lipinski definition) is 1. The average molecular weight is 467 g/mol. The first-order chi connectivity index (χ1) is 17.0. The van der Waals surface area contributed by atoms with Gasteiger partial charge in [-0.1, -0.05) is 48.5 Å². The summed E-state index contributed by atoms with van der Waals surface area (Å²) in [6.07, 6.45) is 3.57. The second-order valence-corrected chi connectivity index (χ2v) is 8.80. The van der Waals surface area contributed by atoms with Gasteiger partial charge in [0, 0.05) is 42.5 Å². The number of nitrogens with zero attached hydrogens (tertiary/aromatic N) is 2. The summed E-state index contributed by atoms with van der Waals surface area (Å²) >= 11 is 0. The molecule has 0 saturated heterocycles. The van der Waals surface area contributed by atoms with Crippen molar-refractivity contribution in [3.05, 3.63) is 102 Å². The lowest BCUT2D eigenvalue weighted by atomic mass is 9.78. The highest BCUT2D eigenvalue weighted by Crippen LogP contribution is 2.47. The topological polar surface area (TPSA) is 102 Å². The predicted octanol–water partition coefficient (Wildman–Crippen LogP) is 3.51. The van der Waals surface area contributed by atoms with Crippen molar-refractivity contribution in [2.45, 2.75) is 37.6 Å². The van der Waals surface area contributed by atoms with Gasteiger partial charge in [-0.2, -0.15) is 0 Å². The number of aliphatic carboxylic acids is 1. The van der Waals surface area contributed by atoms with Gasteiger partial charge in [0.05, 0.1) is 17.4 Å². The minimum absolute atomic E-state index is 0.0111. The van der Waals surface area contributed by atoms with Crippen molar-refractivity contribution in [2.75, 3.05) is 10.2 Å². The molecular formula is C28H24N3O4-. The largest absolute Gasteiger partial charge is 0.550 e. The zero-order valence-electron chi connectivity index (χ0n) is 19.0. The number of hydrogen-bond acceptors (Lipinski definition) is 6. The summed E-state index contributed by atoms with van der Waals surface area (Å²) in [6.45, 7) is 0. The molecule has 5 rings (SSSR count). The maximum atomic E-state index is 13.8. The minimum atomic E-state index is -1.29. The number of benzene rings is 2. The van der Waals surface area contributed by atoms with Crippen molar-refractivity contribution in [3.8, 4) is 0 Å². The summed E-state index contributed by atoms with van der Waals surface area (Å²) in [6, 6.07) is 20.2. The van der Waals surface area contributed by atoms with Crippen LogP contribution in [0, 0.1) is 0 Å². The van der Waals surface area contributed by atoms with E-state index in [9.17, 15) is 19.5 Å². The fourth-order valence-electron chi connectivity index (χ4n) is 5.01. The summed E-state index contributed by atoms with van der Waals surface area (Å²) in [7, 11) is 0. The van der Waals surface area contributed by atoms with Crippen LogP contribution in [0.25, 0.3) is 0 Å². The van der Waals surface area contributed by atoms with Crippen LogP contribution in [0.1, 0.15) is 48.8 Å². The van der Waals surface area contributed by atoms with Crippen LogP contribution < -0.4 is 15.3 Å². The number of carbonyl (C=O) groups excluding carboxylic acids is 3. The number of carboxylic acid groups (broad SMARTS) is 1. The molecule has 0 spiro atoms. The van der Waals surface area contributed by atoms with Crippen LogP contribution in [-0.2, 0) is 14.4 Å². The van der Waals surface area contributed by atoms with E-state index in [1.807, 2.05) is 54.6 Å². The molecule has 1 N–H and O–H groups in total. The number of nitrogens with one attached hydrogen (secondary N) is 1. The first-order valence-corrected chi connectivity index (χ1v) is 11.6. The first kappa shape index (κ1) is 22.5. The molecule has 176 valence electrons. The first-order valence-electron chi connectivity index (χ1n) is 11.6. The number of Topliss-reactive ketones (excluding diaryl/α,β-unsaturated/α-hetero) is 1. The van der Waals surface area contributed by atoms with E-state index in [1.165, 1.54) is 0 Å². The third-order valence-electron chi connectivity index (χ3n) is 6.57. The van der Waals surface area contributed by atoms with Crippen molar-refractivity contribution in [1.82, 2.24) is 4.98 Å². The van der Waals surface area contributed by atoms with Crippen LogP contribution in [0.2, 0.25) is 0 Å². The molecule has 2 aromatic carbocycles. The number of carboxylic acids is 1. The molecule has 0 fully saturated rings. The van der Waals surface area contributed by atoms with Crippen molar-refractivity contribution in [1.29, 1.82) is 0 Å². The Morgan fingerprint density at radius 2 is 1.69 bits per heavy atom. The van der Waals surface area contributed by atoms with E-state index in [-0.39, 0.29) is 18.1 Å². The summed E-state index contributed by atoms with van der Waals surface area (Å²) in [5.41, 5.74) is 4.34. The highest BCUT2D eigenvalue weighted by molar-refractivity contribution is 6.06. The SMILES string of the molecule is O=C([O-])CCC(=O)N1c2ccccc2NC2=C(C(=O)CC(c3ccccc3)C2)C1c1cccnc1. The van der Waals surface area contributed by atoms with E-state index in [2.05, 4.69) is 10.3 Å². The van der Waals surface area contributed by atoms with Gasteiger partial charge in [0.2, 0.25) is 5.91 Å². The third-order valence-corrected chi connectivity index (χ3v) is 6.57. The van der Waals surface area contributed by atoms with Crippen molar-refractivity contribution in [3.63, 3.8) is 0 Å². The number of fused-ring (bicyclic) bond motifs is 1. The summed E-state index contributed by atoms with van der Waals surface area (Å²) in [5, 5.41) is 14.6. The molecule has 2 heterocycles. The van der Waals surface area contributed by atoms with Crippen LogP contribution in [0.4, 0.5) is 11.4 Å². The number of aromatic nitrogens is 1. The van der Waals surface area contributed by atoms with E-state index in [0.29, 0.717) is 35.4 Å². The lowest BCUT2D eigenvalue weighted by Crippen LogP contribution is -2.39. The maximum absolute atomic E-state index is 13.8. The second kappa shape index (κ2) is 9.54. The Hall–Kier alpha value is -4.26. The van der Waals surface area contributed by atoms with Crippen molar-refractivity contribution < 1.29 is 19.5 Å². The number of pyridine rings is 1. The molecule has 1 aliphatic heterocycles. The lowest BCUT2D eigenvalue weighted by Gasteiger charge is -2.35. The standard InChI is InChI=1S/C28H25N3O4/c32-24-16-20(18-7-2-1-3-8-18)15-22-27(24)28(19-9-6-14-29-17-19)31(25(33)12-13-26(34)35)23-11-5-4-10-21(23)30-22/h1-11,14,17,20,28,30H,12-13,15-16H2,(H,34,35)/p-1. The molecule has 35 heavy (non-hydrogen) atoms. The fourth-order valence-corrected chi connectivity index (χ4v) is 5.01. The molecule has 2 atom stereocenters. The highest BCUT2D eigenvalue weighted by Gasteiger charge is 2.41. The van der Waals surface area contributed by atoms with Crippen molar-refractivity contribution in [2.24, 2.45) is 0 Å². The molecule has 1 amide bonds. The van der Waals surface area contributed by atoms with Crippen LogP contribution in [0.5, 0.6) is 0 Å². The van der Waals surface area contributed by atoms with Gasteiger partial charge in [0.1, 0.15) is 0 Å². The van der Waals surface area contributed by atoms with Crippen LogP contribution in [0.15, 0.2) is 90.4 Å². The van der Waals surface area contributed by atoms with Gasteiger partial charge in [-0.3, -0.25) is 19.5 Å². The minimum Gasteiger partial charge on any atom is -0.550 e. The Labute approximate surface area is 203 Å². The smallest absolute Gasteiger partial charge is 0.228 e. The zero-order valence-corrected chi connectivity index (χ0v) is 19.0. The Morgan fingerprint density at radius 1 is 0.943 bits per heavy atom. The molecular weight excluding hydrogens is 442 g/mol. The maximum Gasteiger partial charge on any atom is 0.228 e. The normalized spacial score (nSPS) is 19.3. The molecule has 2 aliphatic rings. The van der Waals surface area contributed by atoms with E-state index in [1.54, 1.807) is 29.4 Å². The Bertz CT molecular complexity index is 1300. The summed E-state index contributed by atoms with van der Waals surface area (Å²) in [4.78, 5) is 44.2. The quantitative estimate of drug-likeness (QED) is 0.617. The van der Waals surface area contributed by atoms with Crippen LogP contribution in [-0.4, -0.2) is 22.6 Å². The van der Waals surface area contributed by atoms with Crippen LogP contribution >= 0.6 is 0 Å². The lowest BCUT2D eigenvalue weighted by molar-refractivity contribution is -0.305. The average Bonchev–Trinajstić information content (AvgIpc) is 3.03. The Kier molecular flexibility index (Phi) is 6.14. The van der Waals surface area contributed by atoms with Crippen LogP contribution in [0.3, 0.4) is 0 Å². The molecule has 3 aromatic rings. The monoisotopic (exact) mass is 466 g/mol. The Balaban J connectivity index is 1.67. The van der Waals surface area contributed by atoms with Crippen molar-refractivity contribution >= 4 is 29.0 Å². The molecule has 1 aliphatic carbocycles. The number of amides is 1. The van der Waals surface area contributed by atoms with Gasteiger partial charge in [-0.05, 0) is 48.1 Å². The molecule has 1 aromatic heterocycles. The summed E-state index contributed by atoms with van der Waals surface area (Å²) in [5.74, 6) is -1.73. The number of carbonyl (C=O) groups is 3. The van der Waals surface area contributed by atoms with Gasteiger partial charge in [0.15, 0.2) is 5.78 Å². The molecule has 7 heteroatoms. The molecule has 2 unspecified atom stereocenters. The zero-order chi connectivity index (χ0) is 24.4. The number of rotatable bonds is 5.